The summed E-state index contributed by atoms with van der Waals surface area (Å²) in [6.07, 6.45) is 0.684. The van der Waals surface area contributed by atoms with Crippen LogP contribution in [0.4, 0.5) is 5.69 Å². The third-order valence-corrected chi connectivity index (χ3v) is 4.19. The number of carbonyl (C=O) groups is 1. The Morgan fingerprint density at radius 2 is 1.70 bits per heavy atom. The van der Waals surface area contributed by atoms with Crippen molar-refractivity contribution in [3.8, 4) is 0 Å². The smallest absolute Gasteiger partial charge is 0.338 e. The molecule has 0 unspecified atom stereocenters. The Balaban J connectivity index is 2.09. The van der Waals surface area contributed by atoms with Crippen molar-refractivity contribution < 1.29 is 19.7 Å². The van der Waals surface area contributed by atoms with Gasteiger partial charge in [0, 0.05) is 36.1 Å². The van der Waals surface area contributed by atoms with Gasteiger partial charge in [-0.05, 0) is 39.8 Å². The summed E-state index contributed by atoms with van der Waals surface area (Å²) in [7, 11) is 0. The Labute approximate surface area is 135 Å². The lowest BCUT2D eigenvalue weighted by Gasteiger charge is -2.50. The number of esters is 1. The van der Waals surface area contributed by atoms with Crippen LogP contribution in [0.5, 0.6) is 0 Å². The summed E-state index contributed by atoms with van der Waals surface area (Å²) in [5.41, 5.74) is -0.820. The molecular weight excluding hydrogens is 300 g/mol. The Kier molecular flexibility index (Phi) is 4.45. The first-order valence-electron chi connectivity index (χ1n) is 7.47. The first-order valence-corrected chi connectivity index (χ1v) is 7.47. The fraction of sp³-hybridized carbons (Fsp3) is 0.562. The maximum Gasteiger partial charge on any atom is 0.338 e. The van der Waals surface area contributed by atoms with Crippen LogP contribution < -0.4 is 0 Å². The Hall–Kier alpha value is -1.99. The standard InChI is InChI=1S/C16H22N2O5/c1-15(2)9-13(10-16(3,4)18(15)22)23-14(19)11-5-7-12(8-6-11)17(20)21/h5-8,13,22H,9-10H2,1-4H3. The monoisotopic (exact) mass is 322 g/mol. The SMILES string of the molecule is CC1(C)CC(OC(=O)c2ccc([N+](=O)[O-])cc2)CC(C)(C)N1O. The Morgan fingerprint density at radius 1 is 1.22 bits per heavy atom. The molecule has 1 N–H and O–H groups in total. The van der Waals surface area contributed by atoms with Gasteiger partial charge in [0.25, 0.3) is 5.69 Å². The normalized spacial score (nSPS) is 20.9. The molecule has 7 heteroatoms. The topological polar surface area (TPSA) is 92.9 Å². The fourth-order valence-corrected chi connectivity index (χ4v) is 3.20. The molecule has 126 valence electrons. The van der Waals surface area contributed by atoms with E-state index in [4.69, 9.17) is 4.74 Å². The summed E-state index contributed by atoms with van der Waals surface area (Å²) in [5.74, 6) is -0.511. The van der Waals surface area contributed by atoms with Crippen molar-refractivity contribution in [1.29, 1.82) is 0 Å². The number of rotatable bonds is 3. The van der Waals surface area contributed by atoms with Crippen LogP contribution in [0.1, 0.15) is 50.9 Å². The summed E-state index contributed by atoms with van der Waals surface area (Å²) >= 11 is 0. The van der Waals surface area contributed by atoms with Crippen molar-refractivity contribution in [2.75, 3.05) is 0 Å². The van der Waals surface area contributed by atoms with Crippen LogP contribution in [0, 0.1) is 10.1 Å². The number of benzene rings is 1. The van der Waals surface area contributed by atoms with Crippen LogP contribution in [0.3, 0.4) is 0 Å². The minimum atomic E-state index is -0.517. The predicted molar refractivity (Wildman–Crippen MR) is 83.3 cm³/mol. The van der Waals surface area contributed by atoms with Gasteiger partial charge < -0.3 is 9.94 Å². The van der Waals surface area contributed by atoms with Crippen molar-refractivity contribution in [1.82, 2.24) is 5.06 Å². The number of nitro groups is 1. The highest BCUT2D eigenvalue weighted by Gasteiger charge is 2.46. The van der Waals surface area contributed by atoms with Gasteiger partial charge in [-0.25, -0.2) is 4.79 Å². The van der Waals surface area contributed by atoms with E-state index < -0.39 is 22.0 Å². The lowest BCUT2D eigenvalue weighted by Crippen LogP contribution is -2.60. The van der Waals surface area contributed by atoms with Gasteiger partial charge in [0.15, 0.2) is 0 Å². The molecule has 2 rings (SSSR count). The number of hydrogen-bond donors (Lipinski definition) is 1. The molecule has 1 fully saturated rings. The van der Waals surface area contributed by atoms with Crippen molar-refractivity contribution in [3.63, 3.8) is 0 Å². The minimum absolute atomic E-state index is 0.0718. The second-order valence-corrected chi connectivity index (χ2v) is 7.18. The summed E-state index contributed by atoms with van der Waals surface area (Å²) in [4.78, 5) is 22.3. The number of piperidine rings is 1. The highest BCUT2D eigenvalue weighted by molar-refractivity contribution is 5.89. The molecule has 1 aromatic rings. The predicted octanol–water partition coefficient (Wildman–Crippen LogP) is 3.16. The molecule has 0 atom stereocenters. The number of nitro benzene ring substituents is 1. The van der Waals surface area contributed by atoms with E-state index in [2.05, 4.69) is 0 Å². The molecular formula is C16H22N2O5. The number of ether oxygens (including phenoxy) is 1. The van der Waals surface area contributed by atoms with Gasteiger partial charge in [0.1, 0.15) is 6.10 Å². The van der Waals surface area contributed by atoms with Crippen molar-refractivity contribution >= 4 is 11.7 Å². The Morgan fingerprint density at radius 3 is 2.13 bits per heavy atom. The van der Waals surface area contributed by atoms with Crippen molar-refractivity contribution in [2.45, 2.75) is 57.7 Å². The van der Waals surface area contributed by atoms with Gasteiger partial charge in [0.05, 0.1) is 10.5 Å². The van der Waals surface area contributed by atoms with Crippen molar-refractivity contribution in [3.05, 3.63) is 39.9 Å². The summed E-state index contributed by atoms with van der Waals surface area (Å²) < 4.78 is 5.55. The molecule has 0 saturated carbocycles. The van der Waals surface area contributed by atoms with Crippen LogP contribution >= 0.6 is 0 Å². The maximum atomic E-state index is 12.2. The zero-order valence-corrected chi connectivity index (χ0v) is 13.8. The molecule has 0 aromatic heterocycles. The second-order valence-electron chi connectivity index (χ2n) is 7.18. The third kappa shape index (κ3) is 3.68. The number of hydrogen-bond acceptors (Lipinski definition) is 6. The molecule has 0 aliphatic carbocycles. The van der Waals surface area contributed by atoms with Crippen LogP contribution in [0.25, 0.3) is 0 Å². The number of nitrogens with zero attached hydrogens (tertiary/aromatic N) is 2. The molecule has 0 radical (unpaired) electrons. The average molecular weight is 322 g/mol. The minimum Gasteiger partial charge on any atom is -0.459 e. The zero-order chi connectivity index (χ0) is 17.4. The molecule has 1 heterocycles. The van der Waals surface area contributed by atoms with Crippen molar-refractivity contribution in [2.24, 2.45) is 0 Å². The zero-order valence-electron chi connectivity index (χ0n) is 13.8. The molecule has 1 aliphatic rings. The van der Waals surface area contributed by atoms with Crippen LogP contribution in [0.15, 0.2) is 24.3 Å². The first kappa shape index (κ1) is 17.4. The average Bonchev–Trinajstić information content (AvgIpc) is 2.44. The van der Waals surface area contributed by atoms with E-state index in [1.54, 1.807) is 0 Å². The molecule has 1 saturated heterocycles. The van der Waals surface area contributed by atoms with Gasteiger partial charge in [0.2, 0.25) is 0 Å². The van der Waals surface area contributed by atoms with Gasteiger partial charge in [-0.2, -0.15) is 5.06 Å². The highest BCUT2D eigenvalue weighted by Crippen LogP contribution is 2.38. The number of carbonyl (C=O) groups excluding carboxylic acids is 1. The molecule has 0 bridgehead atoms. The quantitative estimate of drug-likeness (QED) is 0.522. The highest BCUT2D eigenvalue weighted by atomic mass is 16.6. The lowest BCUT2D eigenvalue weighted by molar-refractivity contribution is -0.384. The summed E-state index contributed by atoms with van der Waals surface area (Å²) in [5, 5.41) is 22.2. The van der Waals surface area contributed by atoms with E-state index in [1.165, 1.54) is 29.3 Å². The maximum absolute atomic E-state index is 12.2. The second kappa shape index (κ2) is 5.90. The van der Waals surface area contributed by atoms with Crippen LogP contribution in [-0.2, 0) is 4.74 Å². The lowest BCUT2D eigenvalue weighted by atomic mass is 9.80. The largest absolute Gasteiger partial charge is 0.459 e. The van der Waals surface area contributed by atoms with Crippen LogP contribution in [-0.4, -0.2) is 38.3 Å². The van der Waals surface area contributed by atoms with E-state index >= 15 is 0 Å². The van der Waals surface area contributed by atoms with E-state index in [-0.39, 0.29) is 17.4 Å². The Bertz CT molecular complexity index is 591. The molecule has 0 amide bonds. The van der Waals surface area contributed by atoms with Gasteiger partial charge >= 0.3 is 5.97 Å². The van der Waals surface area contributed by atoms with Gasteiger partial charge in [-0.3, -0.25) is 10.1 Å². The van der Waals surface area contributed by atoms with E-state index in [9.17, 15) is 20.1 Å². The van der Waals surface area contributed by atoms with Gasteiger partial charge in [-0.1, -0.05) is 0 Å². The van der Waals surface area contributed by atoms with E-state index in [0.29, 0.717) is 12.8 Å². The first-order chi connectivity index (χ1) is 10.5. The van der Waals surface area contributed by atoms with Gasteiger partial charge in [-0.15, -0.1) is 0 Å². The van der Waals surface area contributed by atoms with E-state index in [0.717, 1.165) is 0 Å². The molecule has 23 heavy (non-hydrogen) atoms. The number of non-ortho nitro benzene ring substituents is 1. The molecule has 1 aromatic carbocycles. The van der Waals surface area contributed by atoms with E-state index in [1.807, 2.05) is 27.7 Å². The number of hydroxylamine groups is 2. The third-order valence-electron chi connectivity index (χ3n) is 4.19. The summed E-state index contributed by atoms with van der Waals surface area (Å²) in [6, 6.07) is 5.33. The fourth-order valence-electron chi connectivity index (χ4n) is 3.20. The molecule has 0 spiro atoms. The molecule has 7 nitrogen and oxygen atoms in total. The summed E-state index contributed by atoms with van der Waals surface area (Å²) in [6.45, 7) is 7.56. The molecule has 1 aliphatic heterocycles. The van der Waals surface area contributed by atoms with Crippen LogP contribution in [0.2, 0.25) is 0 Å².